The first-order valence-corrected chi connectivity index (χ1v) is 4.43. The van der Waals surface area contributed by atoms with Crippen LogP contribution in [-0.2, 0) is 0 Å². The molecule has 13 heavy (non-hydrogen) atoms. The minimum absolute atomic E-state index is 0.808. The minimum Gasteiger partial charge on any atom is -0.245 e. The molecule has 0 saturated carbocycles. The number of allylic oxidation sites excluding steroid dienone is 1. The van der Waals surface area contributed by atoms with E-state index < -0.39 is 0 Å². The summed E-state index contributed by atoms with van der Waals surface area (Å²) in [6.07, 6.45) is 5.52. The molecule has 72 valence electrons. The van der Waals surface area contributed by atoms with Gasteiger partial charge in [0.15, 0.2) is 5.82 Å². The van der Waals surface area contributed by atoms with Crippen LogP contribution in [0.1, 0.15) is 26.3 Å². The number of hydrogen-bond acceptors (Lipinski definition) is 2. The van der Waals surface area contributed by atoms with E-state index in [1.807, 2.05) is 40.0 Å². The maximum atomic E-state index is 4.07. The van der Waals surface area contributed by atoms with Gasteiger partial charge in [-0.05, 0) is 20.6 Å². The lowest BCUT2D eigenvalue weighted by atomic mass is 10.4. The van der Waals surface area contributed by atoms with Gasteiger partial charge in [0.05, 0.1) is 6.20 Å². The highest BCUT2D eigenvalue weighted by Gasteiger charge is 2.00. The average Bonchev–Trinajstić information content (AvgIpc) is 2.51. The van der Waals surface area contributed by atoms with Crippen molar-refractivity contribution < 1.29 is 0 Å². The highest BCUT2D eigenvalue weighted by molar-refractivity contribution is 5.49. The molecule has 0 N–H and O–H groups in total. The van der Waals surface area contributed by atoms with Gasteiger partial charge < -0.3 is 0 Å². The molecule has 1 heterocycles. The molecule has 0 aromatic carbocycles. The van der Waals surface area contributed by atoms with Crippen LogP contribution in [0.5, 0.6) is 0 Å². The Morgan fingerprint density at radius 3 is 2.62 bits per heavy atom. The Kier molecular flexibility index (Phi) is 5.52. The fourth-order valence-electron chi connectivity index (χ4n) is 0.889. The summed E-state index contributed by atoms with van der Waals surface area (Å²) in [6.45, 7) is 11.4. The van der Waals surface area contributed by atoms with Gasteiger partial charge in [-0.25, -0.2) is 9.67 Å². The van der Waals surface area contributed by atoms with Gasteiger partial charge in [0, 0.05) is 11.8 Å². The van der Waals surface area contributed by atoms with Gasteiger partial charge in [-0.3, -0.25) is 0 Å². The molecular weight excluding hydrogens is 162 g/mol. The van der Waals surface area contributed by atoms with E-state index in [4.69, 9.17) is 0 Å². The molecule has 0 aliphatic rings. The number of hydrogen-bond donors (Lipinski definition) is 0. The fraction of sp³-hybridized carbons (Fsp3) is 0.400. The number of nitrogens with zero attached hydrogens (tertiary/aromatic N) is 3. The lowest BCUT2D eigenvalue weighted by molar-refractivity contribution is 0.933. The third-order valence-corrected chi connectivity index (χ3v) is 1.39. The standard InChI is InChI=1S/C8H11N3.C2H6/c1-4-5-11-8(9-3)7(2)6-10-11;1-2/h4-6H,3H2,1-2H3;1-2H3/b5-4-;. The van der Waals surface area contributed by atoms with Gasteiger partial charge >= 0.3 is 0 Å². The SMILES string of the molecule is C=Nc1c(C)cnn1/C=C\C.CC. The van der Waals surface area contributed by atoms with Crippen LogP contribution in [-0.4, -0.2) is 16.5 Å². The van der Waals surface area contributed by atoms with Crippen LogP contribution >= 0.6 is 0 Å². The molecule has 0 fully saturated rings. The molecule has 1 rings (SSSR count). The lowest BCUT2D eigenvalue weighted by Crippen LogP contribution is -1.86. The monoisotopic (exact) mass is 179 g/mol. The van der Waals surface area contributed by atoms with Crippen LogP contribution in [0, 0.1) is 6.92 Å². The van der Waals surface area contributed by atoms with Crippen molar-refractivity contribution in [2.75, 3.05) is 0 Å². The minimum atomic E-state index is 0.808. The molecule has 1 aromatic heterocycles. The number of aryl methyl sites for hydroxylation is 1. The Morgan fingerprint density at radius 1 is 1.54 bits per heavy atom. The van der Waals surface area contributed by atoms with Crippen LogP contribution < -0.4 is 0 Å². The smallest absolute Gasteiger partial charge is 0.157 e. The Hall–Kier alpha value is -1.38. The summed E-state index contributed by atoms with van der Waals surface area (Å²) < 4.78 is 1.70. The van der Waals surface area contributed by atoms with Crippen molar-refractivity contribution in [3.8, 4) is 0 Å². The zero-order chi connectivity index (χ0) is 10.3. The highest BCUT2D eigenvalue weighted by Crippen LogP contribution is 2.16. The van der Waals surface area contributed by atoms with E-state index in [0.717, 1.165) is 11.4 Å². The van der Waals surface area contributed by atoms with E-state index >= 15 is 0 Å². The maximum Gasteiger partial charge on any atom is 0.157 e. The lowest BCUT2D eigenvalue weighted by Gasteiger charge is -1.94. The summed E-state index contributed by atoms with van der Waals surface area (Å²) in [5, 5.41) is 4.07. The number of rotatable bonds is 2. The Labute approximate surface area is 79.8 Å². The summed E-state index contributed by atoms with van der Waals surface area (Å²) in [4.78, 5) is 3.85. The average molecular weight is 179 g/mol. The Morgan fingerprint density at radius 2 is 2.15 bits per heavy atom. The van der Waals surface area contributed by atoms with Crippen molar-refractivity contribution in [1.29, 1.82) is 0 Å². The zero-order valence-electron chi connectivity index (χ0n) is 8.78. The molecule has 0 bridgehead atoms. The first-order valence-electron chi connectivity index (χ1n) is 4.43. The molecule has 3 nitrogen and oxygen atoms in total. The number of aliphatic imine (C=N–C) groups is 1. The second-order valence-electron chi connectivity index (χ2n) is 2.24. The van der Waals surface area contributed by atoms with E-state index in [9.17, 15) is 0 Å². The fourth-order valence-corrected chi connectivity index (χ4v) is 0.889. The molecule has 0 atom stereocenters. The summed E-state index contributed by atoms with van der Waals surface area (Å²) in [5.41, 5.74) is 1.04. The first-order chi connectivity index (χ1) is 6.29. The third-order valence-electron chi connectivity index (χ3n) is 1.39. The van der Waals surface area contributed by atoms with Gasteiger partial charge in [0.25, 0.3) is 0 Å². The van der Waals surface area contributed by atoms with Gasteiger partial charge in [-0.15, -0.1) is 0 Å². The predicted molar refractivity (Wildman–Crippen MR) is 58.5 cm³/mol. The summed E-state index contributed by atoms with van der Waals surface area (Å²) in [7, 11) is 0. The molecule has 0 saturated heterocycles. The van der Waals surface area contributed by atoms with Crippen molar-refractivity contribution in [3.63, 3.8) is 0 Å². The van der Waals surface area contributed by atoms with Crippen molar-refractivity contribution in [1.82, 2.24) is 9.78 Å². The second-order valence-corrected chi connectivity index (χ2v) is 2.24. The van der Waals surface area contributed by atoms with Gasteiger partial charge in [-0.1, -0.05) is 19.9 Å². The van der Waals surface area contributed by atoms with E-state index in [2.05, 4.69) is 16.8 Å². The second kappa shape index (κ2) is 6.17. The molecule has 0 amide bonds. The maximum absolute atomic E-state index is 4.07. The van der Waals surface area contributed by atoms with Crippen LogP contribution in [0.4, 0.5) is 5.82 Å². The molecule has 0 aliphatic carbocycles. The van der Waals surface area contributed by atoms with E-state index in [0.29, 0.717) is 0 Å². The van der Waals surface area contributed by atoms with Gasteiger partial charge in [0.2, 0.25) is 0 Å². The highest BCUT2D eigenvalue weighted by atomic mass is 15.3. The van der Waals surface area contributed by atoms with Crippen molar-refractivity contribution >= 4 is 18.7 Å². The van der Waals surface area contributed by atoms with Crippen molar-refractivity contribution in [2.24, 2.45) is 4.99 Å². The summed E-state index contributed by atoms with van der Waals surface area (Å²) >= 11 is 0. The zero-order valence-corrected chi connectivity index (χ0v) is 8.78. The van der Waals surface area contributed by atoms with Crippen LogP contribution in [0.2, 0.25) is 0 Å². The molecular formula is C10H17N3. The molecule has 0 spiro atoms. The van der Waals surface area contributed by atoms with Crippen molar-refractivity contribution in [2.45, 2.75) is 27.7 Å². The summed E-state index contributed by atoms with van der Waals surface area (Å²) in [5.74, 6) is 0.808. The van der Waals surface area contributed by atoms with E-state index in [1.54, 1.807) is 10.9 Å². The number of aromatic nitrogens is 2. The Balaban J connectivity index is 0.000000671. The normalized spacial score (nSPS) is 9.54. The molecule has 3 heteroatoms. The van der Waals surface area contributed by atoms with Crippen molar-refractivity contribution in [3.05, 3.63) is 17.8 Å². The predicted octanol–water partition coefficient (Wildman–Crippen LogP) is 3.04. The van der Waals surface area contributed by atoms with Gasteiger partial charge in [-0.2, -0.15) is 5.10 Å². The first kappa shape index (κ1) is 11.6. The van der Waals surface area contributed by atoms with Crippen LogP contribution in [0.25, 0.3) is 6.20 Å². The van der Waals surface area contributed by atoms with Crippen LogP contribution in [0.15, 0.2) is 17.3 Å². The summed E-state index contributed by atoms with van der Waals surface area (Å²) in [6, 6.07) is 0. The van der Waals surface area contributed by atoms with E-state index in [-0.39, 0.29) is 0 Å². The quantitative estimate of drug-likeness (QED) is 0.642. The van der Waals surface area contributed by atoms with Gasteiger partial charge in [0.1, 0.15) is 0 Å². The molecule has 1 aromatic rings. The largest absolute Gasteiger partial charge is 0.245 e. The molecule has 0 radical (unpaired) electrons. The molecule has 0 unspecified atom stereocenters. The Bertz CT molecular complexity index is 284. The molecule has 0 aliphatic heterocycles. The van der Waals surface area contributed by atoms with Crippen LogP contribution in [0.3, 0.4) is 0 Å². The third kappa shape index (κ3) is 2.86. The van der Waals surface area contributed by atoms with E-state index in [1.165, 1.54) is 0 Å². The topological polar surface area (TPSA) is 30.2 Å².